The molecule has 0 saturated carbocycles. The summed E-state index contributed by atoms with van der Waals surface area (Å²) in [6, 6.07) is 6.14. The lowest BCUT2D eigenvalue weighted by Crippen LogP contribution is -2.32. The molecule has 1 aromatic heterocycles. The normalized spacial score (nSPS) is 13.3. The Morgan fingerprint density at radius 2 is 1.83 bits per heavy atom. The van der Waals surface area contributed by atoms with Gasteiger partial charge in [-0.2, -0.15) is 0 Å². The largest absolute Gasteiger partial charge is 0.385 e. The van der Waals surface area contributed by atoms with Crippen molar-refractivity contribution in [3.8, 4) is 0 Å². The lowest BCUT2D eigenvalue weighted by atomic mass is 10.1. The maximum atomic E-state index is 12.1. The van der Waals surface area contributed by atoms with Gasteiger partial charge in [-0.15, -0.1) is 5.10 Å². The van der Waals surface area contributed by atoms with Crippen LogP contribution in [0.2, 0.25) is 0 Å². The Morgan fingerprint density at radius 1 is 1.17 bits per heavy atom. The zero-order valence-corrected chi connectivity index (χ0v) is 11.8. The minimum atomic E-state index is -0.994. The van der Waals surface area contributed by atoms with Crippen molar-refractivity contribution in [2.24, 2.45) is 0 Å². The van der Waals surface area contributed by atoms with E-state index in [2.05, 4.69) is 10.3 Å². The molecule has 0 radical (unpaired) electrons. The molecule has 0 atom stereocenters. The van der Waals surface area contributed by atoms with Crippen LogP contribution in [-0.2, 0) is 11.4 Å². The smallest absolute Gasteiger partial charge is 0.322 e. The first kappa shape index (κ1) is 14.8. The first-order valence-corrected chi connectivity index (χ1v) is 6.78. The van der Waals surface area contributed by atoms with Gasteiger partial charge in [-0.05, 0) is 18.6 Å². The van der Waals surface area contributed by atoms with Gasteiger partial charge in [0.25, 0.3) is 11.8 Å². The number of hydrogen-bond acceptors (Lipinski definition) is 6. The number of imide groups is 1. The number of halogens is 1. The van der Waals surface area contributed by atoms with E-state index in [1.54, 1.807) is 12.1 Å². The topological polar surface area (TPSA) is 94.4 Å². The van der Waals surface area contributed by atoms with Gasteiger partial charge in [0, 0.05) is 6.54 Å². The highest BCUT2D eigenvalue weighted by Gasteiger charge is 2.39. The monoisotopic (exact) mass is 318 g/mol. The first-order valence-electron chi connectivity index (χ1n) is 6.78. The number of aromatic nitrogens is 3. The number of aryl methyl sites for hydroxylation is 1. The average Bonchev–Trinajstić information content (AvgIpc) is 3.13. The fraction of sp³-hybridized carbons (Fsp3) is 0.214. The summed E-state index contributed by atoms with van der Waals surface area (Å²) in [6.07, 6.45) is 1.49. The highest BCUT2D eigenvalue weighted by molar-refractivity contribution is 6.21. The van der Waals surface area contributed by atoms with Crippen LogP contribution in [0.3, 0.4) is 0 Å². The zero-order valence-electron chi connectivity index (χ0n) is 11.8. The van der Waals surface area contributed by atoms with Gasteiger partial charge in [-0.3, -0.25) is 18.7 Å². The molecule has 3 rings (SSSR count). The van der Waals surface area contributed by atoms with E-state index in [0.717, 1.165) is 0 Å². The summed E-state index contributed by atoms with van der Waals surface area (Å²) in [4.78, 5) is 40.9. The summed E-state index contributed by atoms with van der Waals surface area (Å²) in [7, 11) is 0. The van der Waals surface area contributed by atoms with Crippen LogP contribution in [0.25, 0.3) is 0 Å². The number of nitrogens with zero attached hydrogens (tertiary/aromatic N) is 4. The van der Waals surface area contributed by atoms with Gasteiger partial charge in [0.05, 0.1) is 24.0 Å². The molecule has 1 aliphatic rings. The molecule has 2 aromatic rings. The highest BCUT2D eigenvalue weighted by atomic mass is 19.1. The van der Waals surface area contributed by atoms with Crippen LogP contribution in [0.1, 0.15) is 37.6 Å². The van der Waals surface area contributed by atoms with Gasteiger partial charge < -0.3 is 4.84 Å². The molecule has 0 spiro atoms. The van der Waals surface area contributed by atoms with Gasteiger partial charge >= 0.3 is 5.97 Å². The summed E-state index contributed by atoms with van der Waals surface area (Å²) < 4.78 is 13.4. The van der Waals surface area contributed by atoms with Crippen molar-refractivity contribution < 1.29 is 23.6 Å². The molecule has 0 saturated heterocycles. The zero-order chi connectivity index (χ0) is 16.4. The second-order valence-electron chi connectivity index (χ2n) is 4.74. The Balaban J connectivity index is 1.73. The van der Waals surface area contributed by atoms with Crippen LogP contribution in [0.4, 0.5) is 4.39 Å². The molecule has 0 unspecified atom stereocenters. The molecule has 2 heterocycles. The Hall–Kier alpha value is -3.10. The predicted molar refractivity (Wildman–Crippen MR) is 73.0 cm³/mol. The van der Waals surface area contributed by atoms with Crippen molar-refractivity contribution in [1.29, 1.82) is 0 Å². The fourth-order valence-electron chi connectivity index (χ4n) is 2.10. The molecule has 1 aliphatic heterocycles. The molecule has 23 heavy (non-hydrogen) atoms. The summed E-state index contributed by atoms with van der Waals surface area (Å²) in [5, 5.41) is 7.61. The number of hydrogen-bond donors (Lipinski definition) is 0. The van der Waals surface area contributed by atoms with Crippen LogP contribution in [0, 0.1) is 0 Å². The molecule has 118 valence electrons. The molecular weight excluding hydrogens is 307 g/mol. The van der Waals surface area contributed by atoms with E-state index < -0.39 is 24.5 Å². The molecule has 0 bridgehead atoms. The van der Waals surface area contributed by atoms with Crippen molar-refractivity contribution >= 4 is 17.8 Å². The third-order valence-corrected chi connectivity index (χ3v) is 3.20. The second-order valence-corrected chi connectivity index (χ2v) is 4.74. The SMILES string of the molecule is O=C(ON1C(=O)c2ccccc2C1=O)c1cn(CCCF)nn1. The minimum Gasteiger partial charge on any atom is -0.322 e. The molecule has 8 nitrogen and oxygen atoms in total. The average molecular weight is 318 g/mol. The summed E-state index contributed by atoms with van der Waals surface area (Å²) in [5.74, 6) is -2.43. The Labute approximate surface area is 129 Å². The molecule has 2 amide bonds. The first-order chi connectivity index (χ1) is 11.1. The number of amides is 2. The van der Waals surface area contributed by atoms with Crippen LogP contribution in [0.15, 0.2) is 30.5 Å². The summed E-state index contributed by atoms with van der Waals surface area (Å²) in [5.41, 5.74) is 0.147. The second kappa shape index (κ2) is 5.95. The van der Waals surface area contributed by atoms with Crippen molar-refractivity contribution in [3.63, 3.8) is 0 Å². The van der Waals surface area contributed by atoms with Crippen molar-refractivity contribution in [1.82, 2.24) is 20.1 Å². The van der Waals surface area contributed by atoms with Gasteiger partial charge in [0.2, 0.25) is 0 Å². The fourth-order valence-corrected chi connectivity index (χ4v) is 2.10. The summed E-state index contributed by atoms with van der Waals surface area (Å²) >= 11 is 0. The van der Waals surface area contributed by atoms with Crippen LogP contribution in [-0.4, -0.2) is 44.5 Å². The number of hydroxylamine groups is 2. The van der Waals surface area contributed by atoms with E-state index in [-0.39, 0.29) is 29.8 Å². The number of benzene rings is 1. The van der Waals surface area contributed by atoms with Crippen molar-refractivity contribution in [2.45, 2.75) is 13.0 Å². The van der Waals surface area contributed by atoms with E-state index >= 15 is 0 Å². The van der Waals surface area contributed by atoms with E-state index in [9.17, 15) is 18.8 Å². The van der Waals surface area contributed by atoms with E-state index in [1.807, 2.05) is 0 Å². The highest BCUT2D eigenvalue weighted by Crippen LogP contribution is 2.23. The Kier molecular flexibility index (Phi) is 3.83. The van der Waals surface area contributed by atoms with E-state index in [1.165, 1.54) is 23.0 Å². The number of fused-ring (bicyclic) bond motifs is 1. The van der Waals surface area contributed by atoms with Crippen LogP contribution in [0.5, 0.6) is 0 Å². The maximum absolute atomic E-state index is 12.1. The lowest BCUT2D eigenvalue weighted by Gasteiger charge is -2.11. The number of alkyl halides is 1. The third-order valence-electron chi connectivity index (χ3n) is 3.20. The Bertz CT molecular complexity index is 754. The Morgan fingerprint density at radius 3 is 2.43 bits per heavy atom. The third kappa shape index (κ3) is 2.68. The number of rotatable bonds is 5. The predicted octanol–water partition coefficient (Wildman–Crippen LogP) is 1.01. The van der Waals surface area contributed by atoms with Crippen LogP contribution < -0.4 is 0 Å². The molecule has 0 aliphatic carbocycles. The van der Waals surface area contributed by atoms with Gasteiger partial charge in [0.15, 0.2) is 5.69 Å². The molecule has 9 heteroatoms. The standard InChI is InChI=1S/C14H11FN4O4/c15-6-3-7-18-8-11(16-17-18)14(22)23-19-12(20)9-4-1-2-5-10(9)13(19)21/h1-2,4-5,8H,3,6-7H2. The van der Waals surface area contributed by atoms with Gasteiger partial charge in [0.1, 0.15) is 0 Å². The van der Waals surface area contributed by atoms with E-state index in [4.69, 9.17) is 4.84 Å². The van der Waals surface area contributed by atoms with Crippen molar-refractivity contribution in [2.75, 3.05) is 6.67 Å². The molecular formula is C14H11FN4O4. The van der Waals surface area contributed by atoms with Crippen molar-refractivity contribution in [3.05, 3.63) is 47.3 Å². The van der Waals surface area contributed by atoms with Gasteiger partial charge in [-0.25, -0.2) is 4.79 Å². The minimum absolute atomic E-state index is 0.164. The molecule has 1 aromatic carbocycles. The number of carbonyl (C=O) groups excluding carboxylic acids is 3. The van der Waals surface area contributed by atoms with E-state index in [0.29, 0.717) is 5.06 Å². The molecule has 0 fully saturated rings. The lowest BCUT2D eigenvalue weighted by molar-refractivity contribution is -0.0588. The maximum Gasteiger partial charge on any atom is 0.385 e. The molecule has 0 N–H and O–H groups in total. The van der Waals surface area contributed by atoms with Gasteiger partial charge in [-0.1, -0.05) is 22.4 Å². The quantitative estimate of drug-likeness (QED) is 0.764. The summed E-state index contributed by atoms with van der Waals surface area (Å²) in [6.45, 7) is -0.265. The van der Waals surface area contributed by atoms with Crippen LogP contribution >= 0.6 is 0 Å². The number of carbonyl (C=O) groups is 3.